The van der Waals surface area contributed by atoms with E-state index in [4.69, 9.17) is 0 Å². The second-order valence-electron chi connectivity index (χ2n) is 8.75. The van der Waals surface area contributed by atoms with Crippen molar-refractivity contribution in [3.8, 4) is 11.1 Å². The molecule has 1 aliphatic rings. The van der Waals surface area contributed by atoms with E-state index in [0.717, 1.165) is 48.0 Å². The Morgan fingerprint density at radius 3 is 2.31 bits per heavy atom. The fourth-order valence-electron chi connectivity index (χ4n) is 4.30. The molecule has 1 saturated carbocycles. The van der Waals surface area contributed by atoms with Gasteiger partial charge in [-0.05, 0) is 63.3 Å². The monoisotopic (exact) mass is 434 g/mol. The molecule has 0 saturated heterocycles. The van der Waals surface area contributed by atoms with Crippen molar-refractivity contribution in [1.82, 2.24) is 25.2 Å². The molecule has 8 heteroatoms. The van der Waals surface area contributed by atoms with Crippen LogP contribution in [0.25, 0.3) is 16.6 Å². The number of pyridine rings is 1. The highest BCUT2D eigenvalue weighted by atomic mass is 16.2. The van der Waals surface area contributed by atoms with Crippen LogP contribution in [0.1, 0.15) is 56.8 Å². The van der Waals surface area contributed by atoms with Gasteiger partial charge in [-0.15, -0.1) is 0 Å². The lowest BCUT2D eigenvalue weighted by atomic mass is 9.91. The minimum Gasteiger partial charge on any atom is -0.380 e. The molecular weight excluding hydrogens is 404 g/mol. The molecule has 3 heterocycles. The fraction of sp³-hybridized carbons (Fsp3) is 0.417. The highest BCUT2D eigenvalue weighted by Crippen LogP contribution is 2.29. The maximum absolute atomic E-state index is 13.2. The van der Waals surface area contributed by atoms with Gasteiger partial charge in [-0.3, -0.25) is 14.6 Å². The number of anilines is 1. The first-order chi connectivity index (χ1) is 15.4. The van der Waals surface area contributed by atoms with Gasteiger partial charge in [0.05, 0.1) is 23.0 Å². The van der Waals surface area contributed by atoms with Crippen LogP contribution in [0.15, 0.2) is 43.0 Å². The summed E-state index contributed by atoms with van der Waals surface area (Å²) in [6.45, 7) is 5.64. The van der Waals surface area contributed by atoms with E-state index in [1.165, 1.54) is 0 Å². The van der Waals surface area contributed by atoms with E-state index in [1.54, 1.807) is 30.0 Å². The van der Waals surface area contributed by atoms with E-state index in [9.17, 15) is 9.59 Å². The van der Waals surface area contributed by atoms with Crippen LogP contribution in [0, 0.1) is 0 Å². The van der Waals surface area contributed by atoms with E-state index in [1.807, 2.05) is 24.4 Å². The molecule has 0 aliphatic heterocycles. The first-order valence-corrected chi connectivity index (χ1v) is 11.2. The van der Waals surface area contributed by atoms with Crippen molar-refractivity contribution in [3.05, 3.63) is 48.5 Å². The topological polar surface area (TPSA) is 100 Å². The van der Waals surface area contributed by atoms with E-state index >= 15 is 0 Å². The molecule has 1 aliphatic carbocycles. The van der Waals surface area contributed by atoms with Crippen LogP contribution in [-0.2, 0) is 4.79 Å². The van der Waals surface area contributed by atoms with Crippen molar-refractivity contribution in [2.45, 2.75) is 64.6 Å². The second kappa shape index (κ2) is 9.38. The zero-order chi connectivity index (χ0) is 22.7. The van der Waals surface area contributed by atoms with Crippen LogP contribution in [0.3, 0.4) is 0 Å². The quantitative estimate of drug-likeness (QED) is 0.552. The molecule has 0 unspecified atom stereocenters. The lowest BCUT2D eigenvalue weighted by Crippen LogP contribution is -2.43. The van der Waals surface area contributed by atoms with Gasteiger partial charge in [0.15, 0.2) is 0 Å². The Morgan fingerprint density at radius 1 is 1.03 bits per heavy atom. The number of nitrogens with zero attached hydrogens (tertiary/aromatic N) is 3. The van der Waals surface area contributed by atoms with Gasteiger partial charge in [-0.25, -0.2) is 4.52 Å². The third-order valence-electron chi connectivity index (χ3n) is 5.80. The summed E-state index contributed by atoms with van der Waals surface area (Å²) in [5.74, 6) is -0.127. The predicted molar refractivity (Wildman–Crippen MR) is 125 cm³/mol. The van der Waals surface area contributed by atoms with Crippen molar-refractivity contribution in [3.63, 3.8) is 0 Å². The first-order valence-electron chi connectivity index (χ1n) is 11.2. The number of carbonyl (C=O) groups is 2. The summed E-state index contributed by atoms with van der Waals surface area (Å²) < 4.78 is 1.80. The van der Waals surface area contributed by atoms with Gasteiger partial charge in [0.2, 0.25) is 5.91 Å². The number of hydrogen-bond donors (Lipinski definition) is 3. The van der Waals surface area contributed by atoms with Crippen LogP contribution in [0.5, 0.6) is 0 Å². The lowest BCUT2D eigenvalue weighted by Gasteiger charge is -2.29. The van der Waals surface area contributed by atoms with E-state index in [2.05, 4.69) is 39.9 Å². The molecule has 0 atom stereocenters. The van der Waals surface area contributed by atoms with Crippen LogP contribution in [-0.4, -0.2) is 44.5 Å². The molecule has 168 valence electrons. The Kier molecular flexibility index (Phi) is 6.39. The molecule has 3 aromatic heterocycles. The van der Waals surface area contributed by atoms with Crippen molar-refractivity contribution >= 4 is 23.0 Å². The Labute approximate surface area is 187 Å². The maximum Gasteiger partial charge on any atom is 0.255 e. The Balaban J connectivity index is 1.57. The highest BCUT2D eigenvalue weighted by Gasteiger charge is 2.25. The zero-order valence-electron chi connectivity index (χ0n) is 18.8. The molecule has 2 amide bonds. The van der Waals surface area contributed by atoms with Crippen LogP contribution < -0.4 is 16.0 Å². The van der Waals surface area contributed by atoms with Gasteiger partial charge in [0.25, 0.3) is 5.91 Å². The van der Waals surface area contributed by atoms with Crippen molar-refractivity contribution < 1.29 is 9.59 Å². The number of fused-ring (bicyclic) bond motifs is 1. The largest absolute Gasteiger partial charge is 0.380 e. The Bertz CT molecular complexity index is 1100. The second-order valence-corrected chi connectivity index (χ2v) is 8.75. The molecule has 32 heavy (non-hydrogen) atoms. The first kappa shape index (κ1) is 21.8. The summed E-state index contributed by atoms with van der Waals surface area (Å²) >= 11 is 0. The van der Waals surface area contributed by atoms with Gasteiger partial charge < -0.3 is 16.0 Å². The molecule has 4 rings (SSSR count). The Hall–Kier alpha value is -3.42. The van der Waals surface area contributed by atoms with Gasteiger partial charge >= 0.3 is 0 Å². The van der Waals surface area contributed by atoms with E-state index in [-0.39, 0.29) is 29.9 Å². The van der Waals surface area contributed by atoms with Gasteiger partial charge in [-0.2, -0.15) is 5.10 Å². The number of aromatic nitrogens is 3. The van der Waals surface area contributed by atoms with Crippen LogP contribution >= 0.6 is 0 Å². The van der Waals surface area contributed by atoms with Crippen LogP contribution in [0.2, 0.25) is 0 Å². The number of nitrogens with one attached hydrogen (secondary N) is 3. The minimum absolute atomic E-state index is 0.000373. The molecular formula is C24H30N6O2. The van der Waals surface area contributed by atoms with E-state index < -0.39 is 0 Å². The number of carbonyl (C=O) groups excluding carboxylic acids is 2. The summed E-state index contributed by atoms with van der Waals surface area (Å²) in [6, 6.07) is 6.39. The van der Waals surface area contributed by atoms with Crippen molar-refractivity contribution in [1.29, 1.82) is 0 Å². The average Bonchev–Trinajstić information content (AvgIpc) is 3.20. The van der Waals surface area contributed by atoms with E-state index in [0.29, 0.717) is 5.56 Å². The molecule has 3 N–H and O–H groups in total. The number of hydrogen-bond acceptors (Lipinski definition) is 5. The summed E-state index contributed by atoms with van der Waals surface area (Å²) in [7, 11) is 0. The molecule has 0 spiro atoms. The van der Waals surface area contributed by atoms with Gasteiger partial charge in [0, 0.05) is 49.2 Å². The third kappa shape index (κ3) is 4.90. The third-order valence-corrected chi connectivity index (χ3v) is 5.80. The van der Waals surface area contributed by atoms with Gasteiger partial charge in [-0.1, -0.05) is 0 Å². The summed E-state index contributed by atoms with van der Waals surface area (Å²) in [4.78, 5) is 28.6. The number of rotatable bonds is 6. The lowest BCUT2D eigenvalue weighted by molar-refractivity contribution is -0.119. The normalized spacial score (nSPS) is 18.5. The van der Waals surface area contributed by atoms with Crippen molar-refractivity contribution in [2.75, 3.05) is 5.32 Å². The molecule has 0 radical (unpaired) electrons. The highest BCUT2D eigenvalue weighted by molar-refractivity contribution is 6.03. The standard InChI is InChI=1S/C24H30N6O2/c1-15(2)27-23-21(24(32)29-20-6-4-19(5-7-20)28-16(3)31)13-26-30-14-18(12-22(23)30)17-8-10-25-11-9-17/h8-15,19-20,27H,4-7H2,1-3H3,(H,28,31)(H,29,32)/t19-,20-. The smallest absolute Gasteiger partial charge is 0.255 e. The van der Waals surface area contributed by atoms with Crippen molar-refractivity contribution in [2.24, 2.45) is 0 Å². The molecule has 8 nitrogen and oxygen atoms in total. The average molecular weight is 435 g/mol. The molecule has 3 aromatic rings. The molecule has 0 aromatic carbocycles. The zero-order valence-corrected chi connectivity index (χ0v) is 18.8. The van der Waals surface area contributed by atoms with Gasteiger partial charge in [0.1, 0.15) is 0 Å². The predicted octanol–water partition coefficient (Wildman–Crippen LogP) is 3.39. The van der Waals surface area contributed by atoms with Crippen LogP contribution in [0.4, 0.5) is 5.69 Å². The number of amides is 2. The minimum atomic E-state index is -0.127. The molecule has 0 bridgehead atoms. The SMILES string of the molecule is CC(=O)N[C@H]1CC[C@H](NC(=O)c2cnn3cc(-c4ccncc4)cc3c2NC(C)C)CC1. The Morgan fingerprint density at radius 2 is 1.69 bits per heavy atom. The fourth-order valence-corrected chi connectivity index (χ4v) is 4.30. The molecule has 1 fully saturated rings. The summed E-state index contributed by atoms with van der Waals surface area (Å²) in [5, 5.41) is 14.1. The maximum atomic E-state index is 13.2. The summed E-state index contributed by atoms with van der Waals surface area (Å²) in [6.07, 6.45) is 10.5. The summed E-state index contributed by atoms with van der Waals surface area (Å²) in [5.41, 5.74) is 4.23.